The largest absolute Gasteiger partial charge is 0.416 e. The normalized spacial score (nSPS) is 19.1. The number of allylic oxidation sites excluding steroid dienone is 7. The molecule has 0 bridgehead atoms. The number of pyridine rings is 1. The van der Waals surface area contributed by atoms with Gasteiger partial charge in [0, 0.05) is 30.9 Å². The van der Waals surface area contributed by atoms with E-state index in [1.807, 2.05) is 38.2 Å². The van der Waals surface area contributed by atoms with Gasteiger partial charge in [0.25, 0.3) is 0 Å². The summed E-state index contributed by atoms with van der Waals surface area (Å²) < 4.78 is 40.5. The maximum absolute atomic E-state index is 13.5. The van der Waals surface area contributed by atoms with Crippen molar-refractivity contribution in [2.45, 2.75) is 58.2 Å². The van der Waals surface area contributed by atoms with E-state index >= 15 is 0 Å². The van der Waals surface area contributed by atoms with Crippen LogP contribution in [0.1, 0.15) is 51.5 Å². The van der Waals surface area contributed by atoms with E-state index in [9.17, 15) is 18.4 Å². The minimum absolute atomic E-state index is 0.0542. The lowest BCUT2D eigenvalue weighted by molar-refractivity contribution is -0.0884. The summed E-state index contributed by atoms with van der Waals surface area (Å²) >= 11 is 0. The van der Waals surface area contributed by atoms with Crippen molar-refractivity contribution in [2.24, 2.45) is 0 Å². The zero-order chi connectivity index (χ0) is 26.1. The van der Waals surface area contributed by atoms with Crippen LogP contribution in [0.15, 0.2) is 77.7 Å². The Kier molecular flexibility index (Phi) is 9.35. The van der Waals surface area contributed by atoms with Gasteiger partial charge < -0.3 is 10.2 Å². The molecule has 1 unspecified atom stereocenters. The van der Waals surface area contributed by atoms with Gasteiger partial charge in [0.1, 0.15) is 5.82 Å². The maximum atomic E-state index is 13.5. The summed E-state index contributed by atoms with van der Waals surface area (Å²) in [5.41, 5.74) is 1.58. The number of nitrogens with zero attached hydrogens (tertiary/aromatic N) is 3. The Morgan fingerprint density at radius 3 is 2.78 bits per heavy atom. The summed E-state index contributed by atoms with van der Waals surface area (Å²) in [7, 11) is 2.02. The van der Waals surface area contributed by atoms with Crippen LogP contribution in [0.5, 0.6) is 0 Å². The summed E-state index contributed by atoms with van der Waals surface area (Å²) in [4.78, 5) is 6.73. The fourth-order valence-electron chi connectivity index (χ4n) is 4.49. The number of nitrogens with one attached hydrogen (secondary N) is 1. The molecule has 1 aromatic carbocycles. The van der Waals surface area contributed by atoms with Crippen molar-refractivity contribution in [1.29, 1.82) is 5.26 Å². The third kappa shape index (κ3) is 7.00. The topological polar surface area (TPSA) is 52.0 Å². The van der Waals surface area contributed by atoms with Crippen LogP contribution in [0.25, 0.3) is 10.8 Å². The molecule has 1 aliphatic rings. The van der Waals surface area contributed by atoms with E-state index in [0.29, 0.717) is 29.8 Å². The minimum Gasteiger partial charge on any atom is -0.376 e. The van der Waals surface area contributed by atoms with Gasteiger partial charge in [-0.15, -0.1) is 0 Å². The highest BCUT2D eigenvalue weighted by molar-refractivity contribution is 5.92. The predicted molar refractivity (Wildman–Crippen MR) is 140 cm³/mol. The number of nitriles is 1. The van der Waals surface area contributed by atoms with E-state index in [0.717, 1.165) is 42.3 Å². The number of fused-ring (bicyclic) bond motifs is 1. The first-order chi connectivity index (χ1) is 17.3. The molecule has 1 aromatic heterocycles. The molecular weight excluding hydrogens is 461 g/mol. The Labute approximate surface area is 211 Å². The van der Waals surface area contributed by atoms with E-state index in [-0.39, 0.29) is 6.04 Å². The van der Waals surface area contributed by atoms with Gasteiger partial charge in [0.15, 0.2) is 0 Å². The van der Waals surface area contributed by atoms with Crippen LogP contribution >= 0.6 is 0 Å². The summed E-state index contributed by atoms with van der Waals surface area (Å²) in [6, 6.07) is 9.57. The van der Waals surface area contributed by atoms with Crippen LogP contribution in [0.2, 0.25) is 0 Å². The third-order valence-corrected chi connectivity index (χ3v) is 6.26. The van der Waals surface area contributed by atoms with Crippen LogP contribution < -0.4 is 5.32 Å². The second kappa shape index (κ2) is 12.4. The number of hydrogen-bond acceptors (Lipinski definition) is 4. The highest BCUT2D eigenvalue weighted by atomic mass is 19.4. The maximum Gasteiger partial charge on any atom is 0.416 e. The summed E-state index contributed by atoms with van der Waals surface area (Å²) in [5, 5.41) is 14.8. The Balaban J connectivity index is 1.97. The van der Waals surface area contributed by atoms with Gasteiger partial charge in [-0.05, 0) is 74.3 Å². The number of benzene rings is 1. The Hall–Kier alpha value is -3.53. The molecule has 2 aromatic rings. The number of anilines is 1. The van der Waals surface area contributed by atoms with Crippen molar-refractivity contribution >= 4 is 16.6 Å². The fourth-order valence-corrected chi connectivity index (χ4v) is 4.49. The van der Waals surface area contributed by atoms with E-state index in [1.165, 1.54) is 12.2 Å². The van der Waals surface area contributed by atoms with Gasteiger partial charge in [-0.1, -0.05) is 37.3 Å². The molecule has 1 atom stereocenters. The van der Waals surface area contributed by atoms with Crippen LogP contribution in [0.3, 0.4) is 0 Å². The summed E-state index contributed by atoms with van der Waals surface area (Å²) in [6.07, 6.45) is 8.97. The fraction of sp³-hybridized carbons (Fsp3) is 0.379. The van der Waals surface area contributed by atoms with Gasteiger partial charge >= 0.3 is 6.18 Å². The molecule has 0 radical (unpaired) electrons. The molecule has 0 aliphatic carbocycles. The average Bonchev–Trinajstić information content (AvgIpc) is 3.02. The number of rotatable bonds is 7. The lowest BCUT2D eigenvalue weighted by Crippen LogP contribution is -2.30. The number of alkyl halides is 3. The first kappa shape index (κ1) is 27.1. The van der Waals surface area contributed by atoms with Crippen LogP contribution in [0.4, 0.5) is 19.0 Å². The molecule has 1 aliphatic heterocycles. The Morgan fingerprint density at radius 2 is 2.08 bits per heavy atom. The van der Waals surface area contributed by atoms with Crippen molar-refractivity contribution in [2.75, 3.05) is 18.9 Å². The molecule has 2 heterocycles. The molecule has 0 saturated carbocycles. The molecule has 3 rings (SSSR count). The molecular formula is C29H33F3N4. The first-order valence-corrected chi connectivity index (χ1v) is 12.3. The predicted octanol–water partition coefficient (Wildman–Crippen LogP) is 7.68. The molecule has 7 heteroatoms. The summed E-state index contributed by atoms with van der Waals surface area (Å²) in [5.74, 6) is 0.699. The van der Waals surface area contributed by atoms with Crippen molar-refractivity contribution in [1.82, 2.24) is 9.88 Å². The Bertz CT molecular complexity index is 1220. The number of halogens is 3. The summed E-state index contributed by atoms with van der Waals surface area (Å²) in [6.45, 7) is 4.38. The van der Waals surface area contributed by atoms with Crippen molar-refractivity contribution in [3.05, 3.63) is 83.2 Å². The second-order valence-corrected chi connectivity index (χ2v) is 8.94. The molecule has 4 nitrogen and oxygen atoms in total. The van der Waals surface area contributed by atoms with Gasteiger partial charge in [0.05, 0.1) is 23.2 Å². The van der Waals surface area contributed by atoms with Crippen molar-refractivity contribution in [3.63, 3.8) is 0 Å². The van der Waals surface area contributed by atoms with Gasteiger partial charge in [0.2, 0.25) is 0 Å². The van der Waals surface area contributed by atoms with Gasteiger partial charge in [-0.2, -0.15) is 18.4 Å². The molecule has 1 fully saturated rings. The van der Waals surface area contributed by atoms with E-state index in [1.54, 1.807) is 31.3 Å². The van der Waals surface area contributed by atoms with Crippen LogP contribution in [-0.2, 0) is 0 Å². The van der Waals surface area contributed by atoms with Gasteiger partial charge in [-0.3, -0.25) is 0 Å². The zero-order valence-corrected chi connectivity index (χ0v) is 21.1. The second-order valence-electron chi connectivity index (χ2n) is 8.94. The van der Waals surface area contributed by atoms with E-state index < -0.39 is 11.7 Å². The van der Waals surface area contributed by atoms with Crippen molar-refractivity contribution < 1.29 is 13.2 Å². The number of likely N-dealkylation sites (tertiary alicyclic amines) is 1. The van der Waals surface area contributed by atoms with Gasteiger partial charge in [-0.25, -0.2) is 4.98 Å². The highest BCUT2D eigenvalue weighted by Gasteiger charge is 2.31. The lowest BCUT2D eigenvalue weighted by atomic mass is 10.0. The number of likely N-dealkylation sites (N-methyl/N-ethyl adjacent to an activating group) is 1. The van der Waals surface area contributed by atoms with Crippen LogP contribution in [-0.4, -0.2) is 35.7 Å². The molecule has 190 valence electrons. The third-order valence-electron chi connectivity index (χ3n) is 6.26. The molecule has 36 heavy (non-hydrogen) atoms. The Morgan fingerprint density at radius 1 is 1.28 bits per heavy atom. The number of hydrogen-bond donors (Lipinski definition) is 1. The SMILES string of the molecule is C\C=C/C(=C\C(=C\CC)C(F)(F)F)C/C=C1/C(Nc2nccc3ccc(C#N)cc23)CCCCN1C. The highest BCUT2D eigenvalue weighted by Crippen LogP contribution is 2.30. The molecule has 1 N–H and O–H groups in total. The molecule has 1 saturated heterocycles. The monoisotopic (exact) mass is 494 g/mol. The lowest BCUT2D eigenvalue weighted by Gasteiger charge is -2.28. The molecule has 0 spiro atoms. The first-order valence-electron chi connectivity index (χ1n) is 12.3. The smallest absolute Gasteiger partial charge is 0.376 e. The van der Waals surface area contributed by atoms with Crippen LogP contribution in [0, 0.1) is 11.3 Å². The standard InChI is InChI=1S/C29H33F3N4/c1-4-8-21(18-24(9-5-2)29(30,31)32)12-14-27-26(10-6-7-17-36(27)3)35-28-25-19-22(20-33)11-13-23(25)15-16-34-28/h4,8-9,11,13-16,18-19,26H,5-7,10,12,17H2,1-3H3,(H,34,35)/b8-4-,21-18+,24-9-,27-14-. The van der Waals surface area contributed by atoms with E-state index in [4.69, 9.17) is 0 Å². The minimum atomic E-state index is -4.39. The van der Waals surface area contributed by atoms with Crippen molar-refractivity contribution in [3.8, 4) is 6.07 Å². The zero-order valence-electron chi connectivity index (χ0n) is 21.1. The van der Waals surface area contributed by atoms with E-state index in [2.05, 4.69) is 21.3 Å². The molecule has 0 amide bonds. The number of aromatic nitrogens is 1. The quantitative estimate of drug-likeness (QED) is 0.401. The average molecular weight is 495 g/mol.